The van der Waals surface area contributed by atoms with Crippen molar-refractivity contribution < 1.29 is 9.47 Å². The smallest absolute Gasteiger partial charge is 0.123 e. The van der Waals surface area contributed by atoms with Crippen LogP contribution in [0.4, 0.5) is 0 Å². The molecule has 4 heteroatoms. The average molecular weight is 322 g/mol. The molecule has 22 heavy (non-hydrogen) atoms. The Morgan fingerprint density at radius 1 is 0.864 bits per heavy atom. The van der Waals surface area contributed by atoms with E-state index in [9.17, 15) is 0 Å². The fraction of sp³-hybridized carbons (Fsp3) is 0.333. The number of rotatable bonds is 6. The van der Waals surface area contributed by atoms with Crippen LogP contribution in [0.5, 0.6) is 11.5 Å². The Labute approximate surface area is 139 Å². The molecule has 0 aromatic heterocycles. The molecule has 0 amide bonds. The number of hydrogen-bond acceptors (Lipinski definition) is 3. The molecule has 2 rings (SSSR count). The van der Waals surface area contributed by atoms with Gasteiger partial charge in [-0.15, -0.1) is 12.4 Å². The lowest BCUT2D eigenvalue weighted by Crippen LogP contribution is -2.22. The van der Waals surface area contributed by atoms with E-state index in [1.165, 1.54) is 5.56 Å². The van der Waals surface area contributed by atoms with Gasteiger partial charge in [0.1, 0.15) is 11.5 Å². The summed E-state index contributed by atoms with van der Waals surface area (Å²) < 4.78 is 10.8. The van der Waals surface area contributed by atoms with Crippen molar-refractivity contribution in [3.8, 4) is 11.5 Å². The van der Waals surface area contributed by atoms with E-state index in [4.69, 9.17) is 9.47 Å². The van der Waals surface area contributed by atoms with Crippen LogP contribution >= 0.6 is 12.4 Å². The molecule has 0 saturated carbocycles. The molecular formula is C18H24ClNO2. The molecule has 3 nitrogen and oxygen atoms in total. The summed E-state index contributed by atoms with van der Waals surface area (Å²) in [4.78, 5) is 0. The molecule has 120 valence electrons. The standard InChI is InChI=1S/C18H23NO2.ClH/c1-13(15-8-6-5-7-9-15)19-14(2)17-12-16(20-3)10-11-18(17)21-4;/h5-14,19H,1-4H3;1H/t13-,14-;/m1./s1. The minimum atomic E-state index is 0. The minimum absolute atomic E-state index is 0. The largest absolute Gasteiger partial charge is 0.497 e. The highest BCUT2D eigenvalue weighted by atomic mass is 35.5. The Hall–Kier alpha value is -1.71. The summed E-state index contributed by atoms with van der Waals surface area (Å²) in [6.07, 6.45) is 0. The maximum absolute atomic E-state index is 5.46. The van der Waals surface area contributed by atoms with Crippen molar-refractivity contribution in [2.45, 2.75) is 25.9 Å². The zero-order chi connectivity index (χ0) is 15.2. The predicted molar refractivity (Wildman–Crippen MR) is 93.2 cm³/mol. The SMILES string of the molecule is COc1ccc(OC)c([C@@H](C)N[C@H](C)c2ccccc2)c1.Cl. The molecule has 0 fully saturated rings. The third-order valence-electron chi connectivity index (χ3n) is 3.70. The normalized spacial score (nSPS) is 12.9. The maximum atomic E-state index is 5.46. The second-order valence-corrected chi connectivity index (χ2v) is 5.13. The first-order valence-electron chi connectivity index (χ1n) is 7.18. The highest BCUT2D eigenvalue weighted by molar-refractivity contribution is 5.85. The van der Waals surface area contributed by atoms with Gasteiger partial charge < -0.3 is 14.8 Å². The van der Waals surface area contributed by atoms with Gasteiger partial charge in [-0.05, 0) is 37.6 Å². The van der Waals surface area contributed by atoms with Crippen LogP contribution in [0.1, 0.15) is 37.1 Å². The number of methoxy groups -OCH3 is 2. The molecule has 0 spiro atoms. The van der Waals surface area contributed by atoms with Gasteiger partial charge in [0, 0.05) is 17.6 Å². The molecule has 0 bridgehead atoms. The molecule has 2 aromatic rings. The molecule has 0 saturated heterocycles. The Morgan fingerprint density at radius 2 is 1.55 bits per heavy atom. The van der Waals surface area contributed by atoms with Gasteiger partial charge >= 0.3 is 0 Å². The molecule has 2 aromatic carbocycles. The van der Waals surface area contributed by atoms with E-state index in [1.54, 1.807) is 14.2 Å². The van der Waals surface area contributed by atoms with E-state index in [-0.39, 0.29) is 24.5 Å². The first-order chi connectivity index (χ1) is 10.2. The summed E-state index contributed by atoms with van der Waals surface area (Å²) in [5.74, 6) is 1.71. The highest BCUT2D eigenvalue weighted by Crippen LogP contribution is 2.30. The van der Waals surface area contributed by atoms with E-state index in [0.29, 0.717) is 0 Å². The van der Waals surface area contributed by atoms with E-state index in [1.807, 2.05) is 24.3 Å². The van der Waals surface area contributed by atoms with E-state index in [0.717, 1.165) is 17.1 Å². The Balaban J connectivity index is 0.00000242. The Bertz CT molecular complexity index is 575. The number of hydrogen-bond donors (Lipinski definition) is 1. The molecule has 2 atom stereocenters. The lowest BCUT2D eigenvalue weighted by molar-refractivity contribution is 0.387. The first kappa shape index (κ1) is 18.3. The van der Waals surface area contributed by atoms with Crippen LogP contribution in [-0.4, -0.2) is 14.2 Å². The molecule has 0 aliphatic rings. The fourth-order valence-electron chi connectivity index (χ4n) is 2.48. The monoisotopic (exact) mass is 321 g/mol. The van der Waals surface area contributed by atoms with Crippen molar-refractivity contribution in [1.29, 1.82) is 0 Å². The molecule has 0 radical (unpaired) electrons. The molecule has 0 aliphatic carbocycles. The van der Waals surface area contributed by atoms with Crippen LogP contribution in [-0.2, 0) is 0 Å². The lowest BCUT2D eigenvalue weighted by Gasteiger charge is -2.22. The van der Waals surface area contributed by atoms with Crippen LogP contribution in [0.3, 0.4) is 0 Å². The van der Waals surface area contributed by atoms with Gasteiger partial charge in [-0.2, -0.15) is 0 Å². The van der Waals surface area contributed by atoms with Crippen LogP contribution < -0.4 is 14.8 Å². The van der Waals surface area contributed by atoms with E-state index < -0.39 is 0 Å². The van der Waals surface area contributed by atoms with E-state index in [2.05, 4.69) is 43.4 Å². The summed E-state index contributed by atoms with van der Waals surface area (Å²) in [6.45, 7) is 4.30. The van der Waals surface area contributed by atoms with Gasteiger partial charge in [0.2, 0.25) is 0 Å². The summed E-state index contributed by atoms with van der Waals surface area (Å²) in [7, 11) is 3.37. The second kappa shape index (κ2) is 8.66. The third-order valence-corrected chi connectivity index (χ3v) is 3.70. The van der Waals surface area contributed by atoms with Crippen molar-refractivity contribution in [3.63, 3.8) is 0 Å². The van der Waals surface area contributed by atoms with Crippen LogP contribution in [0.15, 0.2) is 48.5 Å². The summed E-state index contributed by atoms with van der Waals surface area (Å²) in [5, 5.41) is 3.60. The lowest BCUT2D eigenvalue weighted by atomic mass is 10.0. The quantitative estimate of drug-likeness (QED) is 0.847. The van der Waals surface area contributed by atoms with Gasteiger partial charge in [-0.1, -0.05) is 30.3 Å². The minimum Gasteiger partial charge on any atom is -0.497 e. The number of nitrogens with one attached hydrogen (secondary N) is 1. The van der Waals surface area contributed by atoms with Crippen molar-refractivity contribution in [2.75, 3.05) is 14.2 Å². The highest BCUT2D eigenvalue weighted by Gasteiger charge is 2.15. The summed E-state index contributed by atoms with van der Waals surface area (Å²) >= 11 is 0. The summed E-state index contributed by atoms with van der Waals surface area (Å²) in [5.41, 5.74) is 2.37. The molecule has 1 N–H and O–H groups in total. The molecule has 0 heterocycles. The van der Waals surface area contributed by atoms with Crippen molar-refractivity contribution in [2.24, 2.45) is 0 Å². The first-order valence-corrected chi connectivity index (χ1v) is 7.18. The fourth-order valence-corrected chi connectivity index (χ4v) is 2.48. The maximum Gasteiger partial charge on any atom is 0.123 e. The van der Waals surface area contributed by atoms with Crippen molar-refractivity contribution >= 4 is 12.4 Å². The summed E-state index contributed by atoms with van der Waals surface area (Å²) in [6, 6.07) is 16.7. The van der Waals surface area contributed by atoms with E-state index >= 15 is 0 Å². The average Bonchev–Trinajstić information content (AvgIpc) is 2.54. The zero-order valence-corrected chi connectivity index (χ0v) is 14.3. The van der Waals surface area contributed by atoms with Gasteiger partial charge in [0.15, 0.2) is 0 Å². The van der Waals surface area contributed by atoms with Crippen LogP contribution in [0, 0.1) is 0 Å². The van der Waals surface area contributed by atoms with Crippen molar-refractivity contribution in [3.05, 3.63) is 59.7 Å². The van der Waals surface area contributed by atoms with Crippen LogP contribution in [0.2, 0.25) is 0 Å². The topological polar surface area (TPSA) is 30.5 Å². The van der Waals surface area contributed by atoms with Gasteiger partial charge in [-0.3, -0.25) is 0 Å². The zero-order valence-electron chi connectivity index (χ0n) is 13.5. The molecule has 0 aliphatic heterocycles. The third kappa shape index (κ3) is 4.39. The van der Waals surface area contributed by atoms with Crippen LogP contribution in [0.25, 0.3) is 0 Å². The Morgan fingerprint density at radius 3 is 2.14 bits per heavy atom. The Kier molecular flexibility index (Phi) is 7.22. The van der Waals surface area contributed by atoms with Gasteiger partial charge in [0.05, 0.1) is 14.2 Å². The number of benzene rings is 2. The van der Waals surface area contributed by atoms with Crippen molar-refractivity contribution in [1.82, 2.24) is 5.32 Å². The number of ether oxygens (including phenoxy) is 2. The predicted octanol–water partition coefficient (Wildman–Crippen LogP) is 4.54. The van der Waals surface area contributed by atoms with Gasteiger partial charge in [0.25, 0.3) is 0 Å². The van der Waals surface area contributed by atoms with Gasteiger partial charge in [-0.25, -0.2) is 0 Å². The second-order valence-electron chi connectivity index (χ2n) is 5.13. The number of halogens is 1. The molecule has 0 unspecified atom stereocenters. The molecular weight excluding hydrogens is 298 g/mol.